The van der Waals surface area contributed by atoms with Gasteiger partial charge in [-0.25, -0.2) is 0 Å². The normalized spacial score (nSPS) is 12.3. The maximum absolute atomic E-state index is 4.51. The van der Waals surface area contributed by atoms with Gasteiger partial charge in [0.2, 0.25) is 0 Å². The van der Waals surface area contributed by atoms with Gasteiger partial charge in [0.15, 0.2) is 0 Å². The molecule has 0 aliphatic rings. The Kier molecular flexibility index (Phi) is 5.49. The van der Waals surface area contributed by atoms with Gasteiger partial charge in [0.25, 0.3) is 0 Å². The molecule has 0 N–H and O–H groups in total. The number of pyridine rings is 1. The van der Waals surface area contributed by atoms with Crippen molar-refractivity contribution in [2.24, 2.45) is 0 Å². The Labute approximate surface area is 262 Å². The molecule has 2 heteroatoms. The van der Waals surface area contributed by atoms with Gasteiger partial charge in [-0.05, 0) is 96.4 Å². The van der Waals surface area contributed by atoms with Gasteiger partial charge in [-0.15, -0.1) is 0 Å². The van der Waals surface area contributed by atoms with E-state index in [1.54, 1.807) is 0 Å². The molecule has 0 saturated carbocycles. The lowest BCUT2D eigenvalue weighted by atomic mass is 9.81. The number of para-hydroxylation sites is 2. The largest absolute Gasteiger partial charge is 0.309 e. The topological polar surface area (TPSA) is 17.8 Å². The molecule has 0 spiro atoms. The van der Waals surface area contributed by atoms with E-state index in [4.69, 9.17) is 0 Å². The zero-order chi connectivity index (χ0) is 30.3. The van der Waals surface area contributed by atoms with Crippen LogP contribution in [0.15, 0.2) is 140 Å². The molecule has 2 nitrogen and oxygen atoms in total. The quantitative estimate of drug-likeness (QED) is 0.191. The van der Waals surface area contributed by atoms with Crippen molar-refractivity contribution in [2.45, 2.75) is 26.2 Å². The van der Waals surface area contributed by atoms with E-state index in [9.17, 15) is 0 Å². The summed E-state index contributed by atoms with van der Waals surface area (Å²) in [5, 5.41) is 10.3. The summed E-state index contributed by atoms with van der Waals surface area (Å²) in [4.78, 5) is 4.51. The standard InChI is InChI=1S/C43H32N2/c1-43(2,3)31-22-28-17-19-35-37(25-38(30-11-9-21-44-26-30)36-20-18-29(23-31)41(28)42(35)36)27-10-8-12-32(24-27)45-39-15-6-4-13-33(39)34-14-5-7-16-40(34)45/h4-26H,1-3H3. The SMILES string of the molecule is CC(C)(C)c1cc2ccc3c(-c4cccnc4)cc(-c4cccc(-n5c6ccccc6c6ccccc65)c4)c4ccc(c1)c2c34. The number of rotatable bonds is 3. The van der Waals surface area contributed by atoms with Gasteiger partial charge >= 0.3 is 0 Å². The van der Waals surface area contributed by atoms with E-state index in [0.717, 1.165) is 11.3 Å². The number of benzene rings is 7. The van der Waals surface area contributed by atoms with E-state index in [-0.39, 0.29) is 5.41 Å². The van der Waals surface area contributed by atoms with Crippen LogP contribution in [-0.4, -0.2) is 9.55 Å². The third kappa shape index (κ3) is 3.92. The second-order valence-corrected chi connectivity index (χ2v) is 13.3. The summed E-state index contributed by atoms with van der Waals surface area (Å²) < 4.78 is 2.40. The molecule has 9 aromatic rings. The summed E-state index contributed by atoms with van der Waals surface area (Å²) in [5.41, 5.74) is 9.81. The highest BCUT2D eigenvalue weighted by Gasteiger charge is 2.21. The highest BCUT2D eigenvalue weighted by molar-refractivity contribution is 6.28. The summed E-state index contributed by atoms with van der Waals surface area (Å²) in [5.74, 6) is 0. The summed E-state index contributed by atoms with van der Waals surface area (Å²) >= 11 is 0. The van der Waals surface area contributed by atoms with Crippen LogP contribution < -0.4 is 0 Å². The van der Waals surface area contributed by atoms with E-state index in [1.807, 2.05) is 18.5 Å². The van der Waals surface area contributed by atoms with Crippen molar-refractivity contribution in [1.82, 2.24) is 9.55 Å². The molecular weight excluding hydrogens is 544 g/mol. The van der Waals surface area contributed by atoms with Crippen molar-refractivity contribution in [3.8, 4) is 27.9 Å². The monoisotopic (exact) mass is 576 g/mol. The molecule has 0 unspecified atom stereocenters. The molecule has 0 atom stereocenters. The van der Waals surface area contributed by atoms with Crippen molar-refractivity contribution >= 4 is 54.1 Å². The Morgan fingerprint density at radius 2 is 1.13 bits per heavy atom. The van der Waals surface area contributed by atoms with Crippen molar-refractivity contribution in [2.75, 3.05) is 0 Å². The van der Waals surface area contributed by atoms with Crippen molar-refractivity contribution in [3.63, 3.8) is 0 Å². The molecule has 0 bridgehead atoms. The van der Waals surface area contributed by atoms with Crippen LogP contribution in [0, 0.1) is 0 Å². The van der Waals surface area contributed by atoms with Crippen LogP contribution in [0.2, 0.25) is 0 Å². The predicted octanol–water partition coefficient (Wildman–Crippen LogP) is 11.7. The van der Waals surface area contributed by atoms with E-state index in [1.165, 1.54) is 76.4 Å². The molecule has 2 heterocycles. The average Bonchev–Trinajstić information content (AvgIpc) is 3.41. The molecule has 0 saturated heterocycles. The number of hydrogen-bond acceptors (Lipinski definition) is 1. The summed E-state index contributed by atoms with van der Waals surface area (Å²) in [7, 11) is 0. The lowest BCUT2D eigenvalue weighted by molar-refractivity contribution is 0.591. The van der Waals surface area contributed by atoms with E-state index >= 15 is 0 Å². The molecule has 45 heavy (non-hydrogen) atoms. The molecule has 214 valence electrons. The first-order valence-corrected chi connectivity index (χ1v) is 15.7. The summed E-state index contributed by atoms with van der Waals surface area (Å²) in [6, 6.07) is 47.1. The van der Waals surface area contributed by atoms with Crippen LogP contribution in [0.5, 0.6) is 0 Å². The van der Waals surface area contributed by atoms with Gasteiger partial charge in [-0.3, -0.25) is 4.98 Å². The fourth-order valence-electron chi connectivity index (χ4n) is 7.36. The number of aromatic nitrogens is 2. The second-order valence-electron chi connectivity index (χ2n) is 13.3. The van der Waals surface area contributed by atoms with Crippen LogP contribution in [0.3, 0.4) is 0 Å². The van der Waals surface area contributed by atoms with Crippen LogP contribution >= 0.6 is 0 Å². The molecule has 0 fully saturated rings. The third-order valence-electron chi connectivity index (χ3n) is 9.55. The Morgan fingerprint density at radius 3 is 1.76 bits per heavy atom. The van der Waals surface area contributed by atoms with Crippen LogP contribution in [-0.2, 0) is 5.41 Å². The summed E-state index contributed by atoms with van der Waals surface area (Å²) in [6.07, 6.45) is 3.84. The number of fused-ring (bicyclic) bond motifs is 3. The third-order valence-corrected chi connectivity index (χ3v) is 9.55. The van der Waals surface area contributed by atoms with Crippen molar-refractivity contribution in [3.05, 3.63) is 145 Å². The molecule has 7 aromatic carbocycles. The smallest absolute Gasteiger partial charge is 0.0541 e. The highest BCUT2D eigenvalue weighted by atomic mass is 15.0. The Hall–Kier alpha value is -5.47. The Bertz CT molecular complexity index is 2490. The van der Waals surface area contributed by atoms with Crippen LogP contribution in [0.25, 0.3) is 82.1 Å². The molecule has 0 aliphatic heterocycles. The number of nitrogens with zero attached hydrogens (tertiary/aromatic N) is 2. The number of hydrogen-bond donors (Lipinski definition) is 0. The summed E-state index contributed by atoms with van der Waals surface area (Å²) in [6.45, 7) is 6.88. The lowest BCUT2D eigenvalue weighted by Gasteiger charge is -2.23. The fraction of sp³-hybridized carbons (Fsp3) is 0.0930. The van der Waals surface area contributed by atoms with E-state index in [2.05, 4.69) is 152 Å². The van der Waals surface area contributed by atoms with Crippen LogP contribution in [0.4, 0.5) is 0 Å². The molecule has 0 amide bonds. The van der Waals surface area contributed by atoms with Gasteiger partial charge in [0, 0.05) is 34.4 Å². The zero-order valence-corrected chi connectivity index (χ0v) is 25.7. The fourth-order valence-corrected chi connectivity index (χ4v) is 7.36. The maximum Gasteiger partial charge on any atom is 0.0541 e. The van der Waals surface area contributed by atoms with Gasteiger partial charge < -0.3 is 4.57 Å². The van der Waals surface area contributed by atoms with Gasteiger partial charge in [-0.1, -0.05) is 112 Å². The first-order valence-electron chi connectivity index (χ1n) is 15.7. The first-order chi connectivity index (χ1) is 22.0. The molecular formula is C43H32N2. The van der Waals surface area contributed by atoms with Gasteiger partial charge in [-0.2, -0.15) is 0 Å². The lowest BCUT2D eigenvalue weighted by Crippen LogP contribution is -2.10. The Morgan fingerprint density at radius 1 is 0.511 bits per heavy atom. The predicted molar refractivity (Wildman–Crippen MR) is 192 cm³/mol. The molecule has 9 rings (SSSR count). The van der Waals surface area contributed by atoms with Crippen molar-refractivity contribution < 1.29 is 0 Å². The Balaban J connectivity index is 1.36. The zero-order valence-electron chi connectivity index (χ0n) is 25.7. The minimum Gasteiger partial charge on any atom is -0.309 e. The minimum atomic E-state index is 0.0731. The van der Waals surface area contributed by atoms with E-state index in [0.29, 0.717) is 0 Å². The second kappa shape index (κ2) is 9.51. The average molecular weight is 577 g/mol. The molecule has 0 radical (unpaired) electrons. The minimum absolute atomic E-state index is 0.0731. The highest BCUT2D eigenvalue weighted by Crippen LogP contribution is 2.45. The van der Waals surface area contributed by atoms with Gasteiger partial charge in [0.05, 0.1) is 11.0 Å². The molecule has 2 aromatic heterocycles. The van der Waals surface area contributed by atoms with E-state index < -0.39 is 0 Å². The molecule has 0 aliphatic carbocycles. The first kappa shape index (κ1) is 26.0. The van der Waals surface area contributed by atoms with Crippen LogP contribution in [0.1, 0.15) is 26.3 Å². The van der Waals surface area contributed by atoms with Crippen molar-refractivity contribution in [1.29, 1.82) is 0 Å². The van der Waals surface area contributed by atoms with Gasteiger partial charge in [0.1, 0.15) is 0 Å². The maximum atomic E-state index is 4.51.